The quantitative estimate of drug-likeness (QED) is 0.684. The molecule has 0 radical (unpaired) electrons. The highest BCUT2D eigenvalue weighted by atomic mass is 79.9. The molecule has 0 spiro atoms. The summed E-state index contributed by atoms with van der Waals surface area (Å²) in [5.74, 6) is -1.69. The second-order valence-corrected chi connectivity index (χ2v) is 7.31. The van der Waals surface area contributed by atoms with Gasteiger partial charge in [-0.1, -0.05) is 11.6 Å². The molecular formula is C15H12BrClFNO3S. The van der Waals surface area contributed by atoms with Crippen LogP contribution in [0.15, 0.2) is 34.8 Å². The van der Waals surface area contributed by atoms with Gasteiger partial charge in [-0.05, 0) is 46.3 Å². The first-order valence-corrected chi connectivity index (χ1v) is 8.46. The van der Waals surface area contributed by atoms with E-state index in [9.17, 15) is 14.0 Å². The van der Waals surface area contributed by atoms with Gasteiger partial charge in [0, 0.05) is 16.4 Å². The van der Waals surface area contributed by atoms with Crippen molar-refractivity contribution in [1.82, 2.24) is 4.90 Å². The van der Waals surface area contributed by atoms with Crippen molar-refractivity contribution in [3.63, 3.8) is 0 Å². The maximum Gasteiger partial charge on any atom is 0.339 e. The molecule has 1 aromatic carbocycles. The molecule has 4 nitrogen and oxygen atoms in total. The average Bonchev–Trinajstić information content (AvgIpc) is 2.91. The van der Waals surface area contributed by atoms with Crippen LogP contribution in [0.1, 0.15) is 15.2 Å². The Balaban J connectivity index is 1.90. The summed E-state index contributed by atoms with van der Waals surface area (Å²) in [6, 6.07) is 7.24. The van der Waals surface area contributed by atoms with E-state index < -0.39 is 18.4 Å². The van der Waals surface area contributed by atoms with E-state index in [2.05, 4.69) is 15.9 Å². The highest BCUT2D eigenvalue weighted by molar-refractivity contribution is 9.10. The number of esters is 1. The van der Waals surface area contributed by atoms with Gasteiger partial charge in [-0.3, -0.25) is 4.79 Å². The Bertz CT molecular complexity index is 737. The van der Waals surface area contributed by atoms with Gasteiger partial charge in [-0.15, -0.1) is 11.3 Å². The number of nitrogens with zero attached hydrogens (tertiary/aromatic N) is 1. The van der Waals surface area contributed by atoms with Crippen molar-refractivity contribution in [3.8, 4) is 0 Å². The summed E-state index contributed by atoms with van der Waals surface area (Å²) >= 11 is 10.3. The van der Waals surface area contributed by atoms with E-state index in [1.165, 1.54) is 28.4 Å². The standard InChI is InChI=1S/C15H12BrClFNO3S/c1-19(7-10-3-5-13(17)23-10)14(20)8-22-15(21)11-6-9(18)2-4-12(11)16/h2-6H,7-8H2,1H3. The maximum atomic E-state index is 13.2. The van der Waals surface area contributed by atoms with Crippen molar-refractivity contribution >= 4 is 50.7 Å². The summed E-state index contributed by atoms with van der Waals surface area (Å²) in [6.45, 7) is -0.0468. The van der Waals surface area contributed by atoms with E-state index in [4.69, 9.17) is 16.3 Å². The fraction of sp³-hybridized carbons (Fsp3) is 0.200. The number of carbonyl (C=O) groups excluding carboxylic acids is 2. The van der Waals surface area contributed by atoms with Gasteiger partial charge in [0.1, 0.15) is 5.82 Å². The molecule has 0 saturated carbocycles. The molecule has 0 bridgehead atoms. The van der Waals surface area contributed by atoms with Crippen molar-refractivity contribution in [2.45, 2.75) is 6.54 Å². The van der Waals surface area contributed by atoms with E-state index in [0.717, 1.165) is 10.9 Å². The first kappa shape index (κ1) is 17.9. The molecule has 1 amide bonds. The fourth-order valence-corrected chi connectivity index (χ4v) is 3.28. The minimum atomic E-state index is -0.766. The number of hydrogen-bond acceptors (Lipinski definition) is 4. The first-order valence-electron chi connectivity index (χ1n) is 6.47. The third kappa shape index (κ3) is 5.02. The van der Waals surface area contributed by atoms with Gasteiger partial charge in [-0.25, -0.2) is 9.18 Å². The van der Waals surface area contributed by atoms with Gasteiger partial charge in [0.05, 0.1) is 16.4 Å². The lowest BCUT2D eigenvalue weighted by atomic mass is 10.2. The molecule has 1 heterocycles. The molecule has 0 fully saturated rings. The Kier molecular flexibility index (Phi) is 6.15. The number of halogens is 3. The predicted molar refractivity (Wildman–Crippen MR) is 90.2 cm³/mol. The molecule has 0 N–H and O–H groups in total. The molecule has 0 unspecified atom stereocenters. The van der Waals surface area contributed by atoms with E-state index in [1.807, 2.05) is 6.07 Å². The molecular weight excluding hydrogens is 409 g/mol. The van der Waals surface area contributed by atoms with Crippen LogP contribution in [0.2, 0.25) is 4.34 Å². The first-order chi connectivity index (χ1) is 10.9. The maximum absolute atomic E-state index is 13.2. The van der Waals surface area contributed by atoms with Gasteiger partial charge >= 0.3 is 5.97 Å². The molecule has 0 aliphatic rings. The molecule has 0 aliphatic heterocycles. The number of rotatable bonds is 5. The summed E-state index contributed by atoms with van der Waals surface area (Å²) in [5.41, 5.74) is 0.0329. The van der Waals surface area contributed by atoms with Gasteiger partial charge in [0.15, 0.2) is 6.61 Å². The Morgan fingerprint density at radius 2 is 2.09 bits per heavy atom. The molecule has 0 saturated heterocycles. The number of thiophene rings is 1. The van der Waals surface area contributed by atoms with Crippen LogP contribution in [0.5, 0.6) is 0 Å². The number of benzene rings is 1. The topological polar surface area (TPSA) is 46.6 Å². The molecule has 8 heteroatoms. The summed E-state index contributed by atoms with van der Waals surface area (Å²) in [5, 5.41) is 0. The Labute approximate surface area is 149 Å². The highest BCUT2D eigenvalue weighted by Gasteiger charge is 2.17. The molecule has 2 rings (SSSR count). The molecule has 122 valence electrons. The van der Waals surface area contributed by atoms with Crippen LogP contribution in [-0.4, -0.2) is 30.4 Å². The Morgan fingerprint density at radius 3 is 2.74 bits per heavy atom. The lowest BCUT2D eigenvalue weighted by Crippen LogP contribution is -2.30. The molecule has 2 aromatic rings. The minimum Gasteiger partial charge on any atom is -0.452 e. The fourth-order valence-electron chi connectivity index (χ4n) is 1.73. The normalized spacial score (nSPS) is 10.4. The van der Waals surface area contributed by atoms with Crippen molar-refractivity contribution < 1.29 is 18.7 Å². The average molecular weight is 421 g/mol. The molecule has 1 aromatic heterocycles. The van der Waals surface area contributed by atoms with Crippen molar-refractivity contribution in [1.29, 1.82) is 0 Å². The molecule has 0 atom stereocenters. The lowest BCUT2D eigenvalue weighted by Gasteiger charge is -2.16. The van der Waals surface area contributed by atoms with Crippen molar-refractivity contribution in [2.24, 2.45) is 0 Å². The molecule has 23 heavy (non-hydrogen) atoms. The number of carbonyl (C=O) groups is 2. The minimum absolute atomic E-state index is 0.0329. The zero-order valence-electron chi connectivity index (χ0n) is 12.0. The largest absolute Gasteiger partial charge is 0.452 e. The van der Waals surface area contributed by atoms with Crippen LogP contribution in [0.3, 0.4) is 0 Å². The summed E-state index contributed by atoms with van der Waals surface area (Å²) < 4.78 is 19.1. The van der Waals surface area contributed by atoms with Crippen molar-refractivity contribution in [3.05, 3.63) is 55.4 Å². The zero-order chi connectivity index (χ0) is 17.0. The van der Waals surface area contributed by atoms with Crippen LogP contribution in [0.25, 0.3) is 0 Å². The van der Waals surface area contributed by atoms with E-state index in [0.29, 0.717) is 15.4 Å². The van der Waals surface area contributed by atoms with Gasteiger partial charge in [-0.2, -0.15) is 0 Å². The lowest BCUT2D eigenvalue weighted by molar-refractivity contribution is -0.133. The third-order valence-corrected chi connectivity index (χ3v) is 4.83. The monoisotopic (exact) mass is 419 g/mol. The van der Waals surface area contributed by atoms with E-state index in [1.54, 1.807) is 13.1 Å². The molecule has 0 aliphatic carbocycles. The number of likely N-dealkylation sites (N-methyl/N-ethyl adjacent to an activating group) is 1. The smallest absolute Gasteiger partial charge is 0.339 e. The number of ether oxygens (including phenoxy) is 1. The number of hydrogen-bond donors (Lipinski definition) is 0. The summed E-state index contributed by atoms with van der Waals surface area (Å²) in [4.78, 5) is 26.2. The van der Waals surface area contributed by atoms with Gasteiger partial charge in [0.25, 0.3) is 5.91 Å². The number of amides is 1. The Hall–Kier alpha value is -1.44. The van der Waals surface area contributed by atoms with Crippen LogP contribution in [-0.2, 0) is 16.1 Å². The SMILES string of the molecule is CN(Cc1ccc(Cl)s1)C(=O)COC(=O)c1cc(F)ccc1Br. The van der Waals surface area contributed by atoms with E-state index in [-0.39, 0.29) is 11.5 Å². The summed E-state index contributed by atoms with van der Waals surface area (Å²) in [6.07, 6.45) is 0. The van der Waals surface area contributed by atoms with Crippen LogP contribution < -0.4 is 0 Å². The van der Waals surface area contributed by atoms with Crippen molar-refractivity contribution in [2.75, 3.05) is 13.7 Å². The second-order valence-electron chi connectivity index (χ2n) is 4.66. The highest BCUT2D eigenvalue weighted by Crippen LogP contribution is 2.22. The van der Waals surface area contributed by atoms with Gasteiger partial charge < -0.3 is 9.64 Å². The van der Waals surface area contributed by atoms with Crippen LogP contribution >= 0.6 is 38.9 Å². The predicted octanol–water partition coefficient (Wildman–Crippen LogP) is 4.12. The van der Waals surface area contributed by atoms with Gasteiger partial charge in [0.2, 0.25) is 0 Å². The zero-order valence-corrected chi connectivity index (χ0v) is 15.2. The Morgan fingerprint density at radius 1 is 1.35 bits per heavy atom. The van der Waals surface area contributed by atoms with E-state index >= 15 is 0 Å². The summed E-state index contributed by atoms with van der Waals surface area (Å²) in [7, 11) is 1.60. The van der Waals surface area contributed by atoms with Crippen LogP contribution in [0.4, 0.5) is 4.39 Å². The second kappa shape index (κ2) is 7.90. The van der Waals surface area contributed by atoms with Crippen LogP contribution in [0, 0.1) is 5.82 Å². The third-order valence-electron chi connectivity index (χ3n) is 2.92.